The summed E-state index contributed by atoms with van der Waals surface area (Å²) in [6.07, 6.45) is -1.10. The molecular formula is C23H19F4N4O3+. The van der Waals surface area contributed by atoms with Crippen molar-refractivity contribution >= 4 is 23.4 Å². The molecule has 0 spiro atoms. The molecule has 2 aliphatic rings. The number of hydrogen-bond donors (Lipinski definition) is 2. The van der Waals surface area contributed by atoms with E-state index in [-0.39, 0.29) is 28.7 Å². The maximum Gasteiger partial charge on any atom is 0.390 e. The van der Waals surface area contributed by atoms with E-state index in [1.807, 2.05) is 0 Å². The SMILES string of the molecule is Cc1c(C(=O)O)cccc1[N+]12C=CN=C1C(NCCC(F)(F)F)=CC(Oc1cccc(F)c1)=N2. The molecule has 0 aliphatic carbocycles. The summed E-state index contributed by atoms with van der Waals surface area (Å²) in [7, 11) is 0. The Morgan fingerprint density at radius 2 is 1.97 bits per heavy atom. The maximum absolute atomic E-state index is 13.7. The van der Waals surface area contributed by atoms with Crippen molar-refractivity contribution in [3.05, 3.63) is 83.6 Å². The number of carbonyl (C=O) groups is 1. The van der Waals surface area contributed by atoms with Gasteiger partial charge in [0.1, 0.15) is 17.3 Å². The number of benzene rings is 2. The van der Waals surface area contributed by atoms with Gasteiger partial charge in [0.15, 0.2) is 11.9 Å². The highest BCUT2D eigenvalue weighted by molar-refractivity contribution is 6.15. The minimum Gasteiger partial charge on any atom is -0.478 e. The van der Waals surface area contributed by atoms with Gasteiger partial charge in [0.05, 0.1) is 18.2 Å². The normalized spacial score (nSPS) is 19.1. The van der Waals surface area contributed by atoms with Gasteiger partial charge in [-0.3, -0.25) is 0 Å². The average Bonchev–Trinajstić information content (AvgIpc) is 3.18. The van der Waals surface area contributed by atoms with Crippen molar-refractivity contribution in [3.63, 3.8) is 0 Å². The van der Waals surface area contributed by atoms with E-state index in [1.165, 1.54) is 36.5 Å². The van der Waals surface area contributed by atoms with Gasteiger partial charge in [0, 0.05) is 30.3 Å². The number of alkyl halides is 3. The topological polar surface area (TPSA) is 83.3 Å². The Hall–Kier alpha value is -3.99. The minimum atomic E-state index is -4.37. The van der Waals surface area contributed by atoms with Gasteiger partial charge in [0.25, 0.3) is 11.7 Å². The number of aliphatic imine (C=N–C) groups is 1. The minimum absolute atomic E-state index is 0.0357. The molecule has 0 fully saturated rings. The summed E-state index contributed by atoms with van der Waals surface area (Å²) in [6.45, 7) is 1.17. The summed E-state index contributed by atoms with van der Waals surface area (Å²) in [5.74, 6) is -1.36. The van der Waals surface area contributed by atoms with Crippen molar-refractivity contribution < 1.29 is 32.2 Å². The zero-order valence-electron chi connectivity index (χ0n) is 17.8. The maximum atomic E-state index is 13.7. The van der Waals surface area contributed by atoms with Gasteiger partial charge in [-0.1, -0.05) is 16.7 Å². The lowest BCUT2D eigenvalue weighted by atomic mass is 10.0. The standard InChI is InChI=1S/C23H18F4N4O3/c1-14-17(22(32)33)6-3-7-19(14)31-11-10-29-21(31)18(28-9-8-23(25,26)27)13-20(30-31)34-16-5-2-4-15(24)12-16/h2-7,10-13H,8-9H2,1H3,(H-,28,30,32,33)/p+1. The number of aromatic carboxylic acids is 1. The predicted octanol–water partition coefficient (Wildman–Crippen LogP) is 4.85. The number of halogens is 4. The molecule has 2 aliphatic heterocycles. The highest BCUT2D eigenvalue weighted by atomic mass is 19.4. The molecular weight excluding hydrogens is 456 g/mol. The first-order valence-corrected chi connectivity index (χ1v) is 10.1. The first-order chi connectivity index (χ1) is 16.1. The van der Waals surface area contributed by atoms with Crippen molar-refractivity contribution in [1.82, 2.24) is 9.91 Å². The number of nitrogens with zero attached hydrogens (tertiary/aromatic N) is 3. The van der Waals surface area contributed by atoms with Crippen LogP contribution in [-0.4, -0.2) is 35.5 Å². The van der Waals surface area contributed by atoms with Gasteiger partial charge in [0.2, 0.25) is 0 Å². The monoisotopic (exact) mass is 475 g/mol. The van der Waals surface area contributed by atoms with Crippen LogP contribution in [0.2, 0.25) is 0 Å². The zero-order chi connectivity index (χ0) is 24.5. The van der Waals surface area contributed by atoms with E-state index in [4.69, 9.17) is 4.74 Å². The second-order valence-corrected chi connectivity index (χ2v) is 7.54. The summed E-state index contributed by atoms with van der Waals surface area (Å²) in [5.41, 5.74) is 1.04. The highest BCUT2D eigenvalue weighted by Gasteiger charge is 2.47. The molecule has 0 radical (unpaired) electrons. The van der Waals surface area contributed by atoms with Gasteiger partial charge in [-0.2, -0.15) is 18.2 Å². The number of hydrogen-bond acceptors (Lipinski definition) is 5. The average molecular weight is 475 g/mol. The number of quaternary nitrogens is 1. The number of carboxylic acid groups (broad SMARTS) is 1. The lowest BCUT2D eigenvalue weighted by molar-refractivity contribution is -0.133. The molecule has 0 saturated carbocycles. The largest absolute Gasteiger partial charge is 0.478 e. The van der Waals surface area contributed by atoms with Crippen LogP contribution < -0.4 is 14.6 Å². The summed E-state index contributed by atoms with van der Waals surface area (Å²) in [5, 5.41) is 16.9. The van der Waals surface area contributed by atoms with E-state index in [2.05, 4.69) is 15.4 Å². The Bertz CT molecular complexity index is 1270. The number of fused-ring (bicyclic) bond motifs is 1. The van der Waals surface area contributed by atoms with E-state index in [1.54, 1.807) is 25.3 Å². The van der Waals surface area contributed by atoms with Gasteiger partial charge < -0.3 is 15.2 Å². The summed E-state index contributed by atoms with van der Waals surface area (Å²) in [6, 6.07) is 9.94. The van der Waals surface area contributed by atoms with Crippen LogP contribution in [0.25, 0.3) is 0 Å². The first kappa shape index (κ1) is 23.2. The third-order valence-electron chi connectivity index (χ3n) is 5.21. The number of rotatable bonds is 6. The molecule has 34 heavy (non-hydrogen) atoms. The number of carboxylic acids is 1. The van der Waals surface area contributed by atoms with Crippen LogP contribution in [0.15, 0.2) is 76.7 Å². The van der Waals surface area contributed by atoms with Crippen LogP contribution >= 0.6 is 0 Å². The number of amidine groups is 1. The highest BCUT2D eigenvalue weighted by Crippen LogP contribution is 2.37. The molecule has 0 bridgehead atoms. The third-order valence-corrected chi connectivity index (χ3v) is 5.21. The quantitative estimate of drug-likeness (QED) is 0.462. The molecule has 2 aromatic carbocycles. The molecule has 7 nitrogen and oxygen atoms in total. The van der Waals surface area contributed by atoms with Crippen molar-refractivity contribution in [1.29, 1.82) is 0 Å². The Kier molecular flexibility index (Phi) is 5.96. The van der Waals surface area contributed by atoms with Crippen molar-refractivity contribution in [2.75, 3.05) is 6.54 Å². The van der Waals surface area contributed by atoms with Crippen molar-refractivity contribution in [2.45, 2.75) is 19.5 Å². The van der Waals surface area contributed by atoms with Gasteiger partial charge >= 0.3 is 12.1 Å². The lowest BCUT2D eigenvalue weighted by Crippen LogP contribution is -2.50. The van der Waals surface area contributed by atoms with Crippen LogP contribution in [0.1, 0.15) is 22.3 Å². The van der Waals surface area contributed by atoms with Crippen LogP contribution in [0, 0.1) is 12.7 Å². The summed E-state index contributed by atoms with van der Waals surface area (Å²) >= 11 is 0. The van der Waals surface area contributed by atoms with Crippen LogP contribution in [0.4, 0.5) is 23.2 Å². The fraction of sp³-hybridized carbons (Fsp3) is 0.174. The summed E-state index contributed by atoms with van der Waals surface area (Å²) < 4.78 is 57.2. The van der Waals surface area contributed by atoms with E-state index in [0.717, 1.165) is 6.07 Å². The second kappa shape index (κ2) is 8.75. The van der Waals surface area contributed by atoms with Crippen molar-refractivity contribution in [2.24, 2.45) is 10.1 Å². The Labute approximate surface area is 191 Å². The van der Waals surface area contributed by atoms with Crippen LogP contribution in [0.3, 0.4) is 0 Å². The van der Waals surface area contributed by atoms with E-state index in [0.29, 0.717) is 11.3 Å². The van der Waals surface area contributed by atoms with Crippen LogP contribution in [-0.2, 0) is 0 Å². The Morgan fingerprint density at radius 1 is 1.21 bits per heavy atom. The number of ether oxygens (including phenoxy) is 1. The third kappa shape index (κ3) is 4.55. The molecule has 0 saturated heterocycles. The molecule has 1 unspecified atom stereocenters. The molecule has 2 N–H and O–H groups in total. The Balaban J connectivity index is 1.80. The first-order valence-electron chi connectivity index (χ1n) is 10.1. The van der Waals surface area contributed by atoms with Crippen molar-refractivity contribution in [3.8, 4) is 5.75 Å². The molecule has 2 aromatic rings. The van der Waals surface area contributed by atoms with Crippen LogP contribution in [0.5, 0.6) is 5.75 Å². The molecule has 0 amide bonds. The smallest absolute Gasteiger partial charge is 0.390 e. The molecule has 2 heterocycles. The molecule has 1 atom stereocenters. The molecule has 11 heteroatoms. The van der Waals surface area contributed by atoms with E-state index < -0.39 is 35.5 Å². The summed E-state index contributed by atoms with van der Waals surface area (Å²) in [4.78, 5) is 16.0. The lowest BCUT2D eigenvalue weighted by Gasteiger charge is -2.31. The van der Waals surface area contributed by atoms with Gasteiger partial charge in [-0.25, -0.2) is 9.18 Å². The molecule has 0 aromatic heterocycles. The fourth-order valence-corrected chi connectivity index (χ4v) is 3.71. The predicted molar refractivity (Wildman–Crippen MR) is 118 cm³/mol. The zero-order valence-corrected chi connectivity index (χ0v) is 17.8. The van der Waals surface area contributed by atoms with E-state index >= 15 is 0 Å². The molecule has 4 rings (SSSR count). The number of nitrogens with one attached hydrogen (secondary N) is 1. The molecule has 176 valence electrons. The second-order valence-electron chi connectivity index (χ2n) is 7.54. The van der Waals surface area contributed by atoms with Gasteiger partial charge in [-0.05, 0) is 30.2 Å². The fourth-order valence-electron chi connectivity index (χ4n) is 3.71. The Morgan fingerprint density at radius 3 is 2.68 bits per heavy atom. The van der Waals surface area contributed by atoms with Gasteiger partial charge in [-0.15, -0.1) is 0 Å². The van der Waals surface area contributed by atoms with E-state index in [9.17, 15) is 27.5 Å².